The highest BCUT2D eigenvalue weighted by atomic mass is 32.1. The summed E-state index contributed by atoms with van der Waals surface area (Å²) in [5.41, 5.74) is 6.72. The maximum atomic E-state index is 12.5. The Labute approximate surface area is 128 Å². The van der Waals surface area contributed by atoms with Crippen molar-refractivity contribution in [2.24, 2.45) is 5.92 Å². The summed E-state index contributed by atoms with van der Waals surface area (Å²) in [4.78, 5) is 13.1. The van der Waals surface area contributed by atoms with Gasteiger partial charge >= 0.3 is 0 Å². The van der Waals surface area contributed by atoms with E-state index in [0.717, 1.165) is 22.3 Å². The summed E-state index contributed by atoms with van der Waals surface area (Å²) in [5.74, 6) is 1.20. The van der Waals surface area contributed by atoms with E-state index in [1.165, 1.54) is 24.2 Å². The summed E-state index contributed by atoms with van der Waals surface area (Å²) in [6.07, 6.45) is 3.42. The van der Waals surface area contributed by atoms with Crippen LogP contribution in [0.4, 0.5) is 5.69 Å². The number of nitrogen functional groups attached to an aromatic ring is 1. The van der Waals surface area contributed by atoms with Crippen molar-refractivity contribution in [2.75, 3.05) is 12.8 Å². The lowest BCUT2D eigenvalue weighted by atomic mass is 10.1. The number of ether oxygens (including phenoxy) is 1. The minimum atomic E-state index is -0.0606. The second-order valence-electron chi connectivity index (χ2n) is 5.67. The molecule has 0 spiro atoms. The average molecular weight is 304 g/mol. The Bertz CT molecular complexity index is 680. The fraction of sp³-hybridized carbons (Fsp3) is 0.438. The van der Waals surface area contributed by atoms with E-state index < -0.39 is 0 Å². The van der Waals surface area contributed by atoms with Crippen molar-refractivity contribution in [3.8, 4) is 5.75 Å². The topological polar surface area (TPSA) is 64.3 Å². The molecule has 5 heteroatoms. The second kappa shape index (κ2) is 5.56. The number of carbonyl (C=O) groups excluding carboxylic acids is 1. The predicted molar refractivity (Wildman–Crippen MR) is 87.1 cm³/mol. The number of fused-ring (bicyclic) bond motifs is 1. The Morgan fingerprint density at radius 2 is 2.24 bits per heavy atom. The van der Waals surface area contributed by atoms with Crippen LogP contribution in [0.1, 0.15) is 35.9 Å². The van der Waals surface area contributed by atoms with E-state index in [4.69, 9.17) is 10.5 Å². The number of amides is 1. The smallest absolute Gasteiger partial charge is 0.263 e. The van der Waals surface area contributed by atoms with Crippen molar-refractivity contribution in [3.05, 3.63) is 23.1 Å². The molecule has 1 aliphatic rings. The largest absolute Gasteiger partial charge is 0.496 e. The maximum absolute atomic E-state index is 12.5. The third kappa shape index (κ3) is 2.46. The highest BCUT2D eigenvalue weighted by molar-refractivity contribution is 7.21. The second-order valence-corrected chi connectivity index (χ2v) is 6.72. The minimum absolute atomic E-state index is 0.0606. The molecule has 1 saturated carbocycles. The SMILES string of the molecule is COc1cccc2sc(C(=O)NC3CCCC3C)c(N)c12. The van der Waals surface area contributed by atoms with Gasteiger partial charge in [-0.1, -0.05) is 19.4 Å². The normalized spacial score (nSPS) is 21.6. The zero-order chi connectivity index (χ0) is 15.0. The first-order valence-corrected chi connectivity index (χ1v) is 8.09. The van der Waals surface area contributed by atoms with Gasteiger partial charge in [0.15, 0.2) is 0 Å². The monoisotopic (exact) mass is 304 g/mol. The summed E-state index contributed by atoms with van der Waals surface area (Å²) in [7, 11) is 1.62. The van der Waals surface area contributed by atoms with Crippen LogP contribution >= 0.6 is 11.3 Å². The zero-order valence-corrected chi connectivity index (χ0v) is 13.1. The van der Waals surface area contributed by atoms with Gasteiger partial charge in [-0.15, -0.1) is 11.3 Å². The molecule has 3 rings (SSSR count). The number of hydrogen-bond acceptors (Lipinski definition) is 4. The van der Waals surface area contributed by atoms with Crippen LogP contribution in [0.5, 0.6) is 5.75 Å². The highest BCUT2D eigenvalue weighted by Crippen LogP contribution is 2.39. The van der Waals surface area contributed by atoms with Crippen molar-refractivity contribution in [2.45, 2.75) is 32.2 Å². The number of rotatable bonds is 3. The van der Waals surface area contributed by atoms with Gasteiger partial charge in [-0.05, 0) is 30.9 Å². The average Bonchev–Trinajstić information content (AvgIpc) is 3.03. The van der Waals surface area contributed by atoms with Crippen LogP contribution in [0.2, 0.25) is 0 Å². The van der Waals surface area contributed by atoms with E-state index in [-0.39, 0.29) is 11.9 Å². The molecule has 0 radical (unpaired) electrons. The molecule has 0 aliphatic heterocycles. The number of thiophene rings is 1. The van der Waals surface area contributed by atoms with Gasteiger partial charge in [-0.2, -0.15) is 0 Å². The van der Waals surface area contributed by atoms with E-state index in [1.54, 1.807) is 7.11 Å². The van der Waals surface area contributed by atoms with Gasteiger partial charge in [0.25, 0.3) is 5.91 Å². The lowest BCUT2D eigenvalue weighted by Gasteiger charge is -2.16. The Balaban J connectivity index is 1.93. The molecule has 1 heterocycles. The standard InChI is InChI=1S/C16H20N2O2S/c1-9-5-3-6-10(9)18-16(19)15-14(17)13-11(20-2)7-4-8-12(13)21-15/h4,7-10H,3,5-6,17H2,1-2H3,(H,18,19). The Morgan fingerprint density at radius 1 is 1.43 bits per heavy atom. The van der Waals surface area contributed by atoms with Crippen molar-refractivity contribution in [3.63, 3.8) is 0 Å². The molecule has 21 heavy (non-hydrogen) atoms. The Kier molecular flexibility index (Phi) is 3.76. The number of methoxy groups -OCH3 is 1. The van der Waals surface area contributed by atoms with Crippen molar-refractivity contribution in [1.82, 2.24) is 5.32 Å². The molecular formula is C16H20N2O2S. The molecule has 4 nitrogen and oxygen atoms in total. The zero-order valence-electron chi connectivity index (χ0n) is 12.3. The van der Waals surface area contributed by atoms with Crippen LogP contribution in [0.3, 0.4) is 0 Å². The third-order valence-corrected chi connectivity index (χ3v) is 5.49. The van der Waals surface area contributed by atoms with Crippen LogP contribution < -0.4 is 15.8 Å². The lowest BCUT2D eigenvalue weighted by Crippen LogP contribution is -2.36. The highest BCUT2D eigenvalue weighted by Gasteiger charge is 2.27. The third-order valence-electron chi connectivity index (χ3n) is 4.32. The molecule has 1 amide bonds. The van der Waals surface area contributed by atoms with Crippen LogP contribution in [0, 0.1) is 5.92 Å². The first-order chi connectivity index (χ1) is 10.1. The molecule has 112 valence electrons. The fourth-order valence-corrected chi connectivity index (χ4v) is 4.12. The summed E-state index contributed by atoms with van der Waals surface area (Å²) < 4.78 is 6.33. The van der Waals surface area contributed by atoms with Crippen LogP contribution in [0.15, 0.2) is 18.2 Å². The van der Waals surface area contributed by atoms with Crippen LogP contribution in [0.25, 0.3) is 10.1 Å². The first kappa shape index (κ1) is 14.2. The Morgan fingerprint density at radius 3 is 2.90 bits per heavy atom. The van der Waals surface area contributed by atoms with E-state index >= 15 is 0 Å². The number of anilines is 1. The number of carbonyl (C=O) groups is 1. The van der Waals surface area contributed by atoms with Crippen LogP contribution in [-0.4, -0.2) is 19.1 Å². The quantitative estimate of drug-likeness (QED) is 0.913. The molecule has 0 bridgehead atoms. The molecule has 1 aliphatic carbocycles. The number of hydrogen-bond donors (Lipinski definition) is 2. The summed E-state index contributed by atoms with van der Waals surface area (Å²) in [5, 5.41) is 3.98. The van der Waals surface area contributed by atoms with Gasteiger partial charge in [-0.3, -0.25) is 4.79 Å². The molecule has 0 saturated heterocycles. The van der Waals surface area contributed by atoms with Crippen LogP contribution in [-0.2, 0) is 0 Å². The number of nitrogens with two attached hydrogens (primary N) is 1. The van der Waals surface area contributed by atoms with E-state index in [0.29, 0.717) is 16.5 Å². The number of benzene rings is 1. The molecule has 2 aromatic rings. The van der Waals surface area contributed by atoms with Gasteiger partial charge in [0, 0.05) is 10.7 Å². The lowest BCUT2D eigenvalue weighted by molar-refractivity contribution is 0.0934. The molecule has 2 unspecified atom stereocenters. The first-order valence-electron chi connectivity index (χ1n) is 7.27. The van der Waals surface area contributed by atoms with E-state index in [2.05, 4.69) is 12.2 Å². The molecule has 2 atom stereocenters. The van der Waals surface area contributed by atoms with Gasteiger partial charge in [0.1, 0.15) is 10.6 Å². The fourth-order valence-electron chi connectivity index (χ4n) is 3.07. The Hall–Kier alpha value is -1.75. The van der Waals surface area contributed by atoms with Gasteiger partial charge in [0.05, 0.1) is 18.2 Å². The summed E-state index contributed by atoms with van der Waals surface area (Å²) >= 11 is 1.43. The maximum Gasteiger partial charge on any atom is 0.263 e. The molecular weight excluding hydrogens is 284 g/mol. The summed E-state index contributed by atoms with van der Waals surface area (Å²) in [6, 6.07) is 6.02. The van der Waals surface area contributed by atoms with Crippen molar-refractivity contribution < 1.29 is 9.53 Å². The molecule has 1 aromatic heterocycles. The predicted octanol–water partition coefficient (Wildman–Crippen LogP) is 3.41. The van der Waals surface area contributed by atoms with Crippen molar-refractivity contribution >= 4 is 33.0 Å². The minimum Gasteiger partial charge on any atom is -0.496 e. The van der Waals surface area contributed by atoms with Crippen molar-refractivity contribution in [1.29, 1.82) is 0 Å². The van der Waals surface area contributed by atoms with Gasteiger partial charge in [0.2, 0.25) is 0 Å². The van der Waals surface area contributed by atoms with Gasteiger partial charge in [-0.25, -0.2) is 0 Å². The number of nitrogens with one attached hydrogen (secondary N) is 1. The molecule has 3 N–H and O–H groups in total. The van der Waals surface area contributed by atoms with E-state index in [1.807, 2.05) is 18.2 Å². The molecule has 1 fully saturated rings. The van der Waals surface area contributed by atoms with Gasteiger partial charge < -0.3 is 15.8 Å². The molecule has 1 aromatic carbocycles. The van der Waals surface area contributed by atoms with E-state index in [9.17, 15) is 4.79 Å². The summed E-state index contributed by atoms with van der Waals surface area (Å²) in [6.45, 7) is 2.19.